The van der Waals surface area contributed by atoms with E-state index in [0.29, 0.717) is 26.2 Å². The molecule has 0 aromatic heterocycles. The molecule has 12 heteroatoms. The van der Waals surface area contributed by atoms with E-state index in [9.17, 15) is 19.2 Å². The molecule has 3 aliphatic rings. The Morgan fingerprint density at radius 2 is 0.885 bits per heavy atom. The Morgan fingerprint density at radius 3 is 1.15 bits per heavy atom. The number of thiocarbonyl (C=S) groups is 2. The van der Waals surface area contributed by atoms with E-state index in [1.807, 2.05) is 9.80 Å². The highest BCUT2D eigenvalue weighted by Gasteiger charge is 2.29. The lowest BCUT2D eigenvalue weighted by molar-refractivity contribution is -0.125. The normalized spacial score (nSPS) is 21.1. The summed E-state index contributed by atoms with van der Waals surface area (Å²) in [7, 11) is 0. The van der Waals surface area contributed by atoms with Crippen LogP contribution < -0.4 is 21.3 Å². The van der Waals surface area contributed by atoms with Crippen LogP contribution in [0, 0.1) is 0 Å². The lowest BCUT2D eigenvalue weighted by atomic mass is 10.2. The van der Waals surface area contributed by atoms with Gasteiger partial charge in [0.1, 0.15) is 11.1 Å². The third kappa shape index (κ3) is 3.86. The molecule has 4 N–H and O–H groups in total. The van der Waals surface area contributed by atoms with Crippen molar-refractivity contribution in [2.75, 3.05) is 26.2 Å². The second-order valence-electron chi connectivity index (χ2n) is 5.63. The standard InChI is InChI=1S/C14H14N6O4S2/c21-9-7(10(22)16-13(25)15-9)5-19-1-2-20(4-3-19)6-8-11(23)17-14(26)18-12(8)24/h5-6H,1-4H2,(H2,15,16,21,22,25)(H2,17,18,23,24,26). The van der Waals surface area contributed by atoms with Crippen LogP contribution >= 0.6 is 24.4 Å². The van der Waals surface area contributed by atoms with Crippen molar-refractivity contribution in [3.8, 4) is 0 Å². The van der Waals surface area contributed by atoms with Gasteiger partial charge in [-0.1, -0.05) is 0 Å². The molecule has 0 aliphatic carbocycles. The predicted octanol–water partition coefficient (Wildman–Crippen LogP) is -2.57. The van der Waals surface area contributed by atoms with Gasteiger partial charge in [0, 0.05) is 38.6 Å². The van der Waals surface area contributed by atoms with Gasteiger partial charge in [-0.3, -0.25) is 40.4 Å². The van der Waals surface area contributed by atoms with Gasteiger partial charge in [0.2, 0.25) is 0 Å². The second kappa shape index (κ2) is 7.17. The minimum atomic E-state index is -0.546. The summed E-state index contributed by atoms with van der Waals surface area (Å²) < 4.78 is 0. The predicted molar refractivity (Wildman–Crippen MR) is 97.1 cm³/mol. The van der Waals surface area contributed by atoms with E-state index in [4.69, 9.17) is 24.4 Å². The van der Waals surface area contributed by atoms with Gasteiger partial charge in [0.25, 0.3) is 23.6 Å². The van der Waals surface area contributed by atoms with Crippen LogP contribution in [0.25, 0.3) is 0 Å². The smallest absolute Gasteiger partial charge is 0.264 e. The number of amides is 4. The van der Waals surface area contributed by atoms with Crippen LogP contribution in [0.3, 0.4) is 0 Å². The number of nitrogens with one attached hydrogen (secondary N) is 4. The highest BCUT2D eigenvalue weighted by Crippen LogP contribution is 2.10. The average Bonchev–Trinajstić information content (AvgIpc) is 2.55. The molecule has 0 aromatic carbocycles. The Labute approximate surface area is 158 Å². The van der Waals surface area contributed by atoms with E-state index in [-0.39, 0.29) is 21.4 Å². The number of nitrogens with zero attached hydrogens (tertiary/aromatic N) is 2. The molecule has 3 fully saturated rings. The zero-order valence-corrected chi connectivity index (χ0v) is 15.0. The zero-order valence-electron chi connectivity index (χ0n) is 13.3. The fourth-order valence-electron chi connectivity index (χ4n) is 2.55. The van der Waals surface area contributed by atoms with E-state index in [0.717, 1.165) is 0 Å². The Hall–Kier alpha value is -2.86. The maximum absolute atomic E-state index is 11.8. The van der Waals surface area contributed by atoms with E-state index >= 15 is 0 Å². The van der Waals surface area contributed by atoms with Crippen molar-refractivity contribution in [3.05, 3.63) is 23.5 Å². The summed E-state index contributed by atoms with van der Waals surface area (Å²) in [5.41, 5.74) is -0.0464. The average molecular weight is 394 g/mol. The summed E-state index contributed by atoms with van der Waals surface area (Å²) in [6, 6.07) is 0. The number of carbonyl (C=O) groups excluding carboxylic acids is 4. The zero-order chi connectivity index (χ0) is 18.8. The molecule has 0 spiro atoms. The molecule has 0 unspecified atom stereocenters. The molecule has 10 nitrogen and oxygen atoms in total. The van der Waals surface area contributed by atoms with Gasteiger partial charge in [0.05, 0.1) is 0 Å². The van der Waals surface area contributed by atoms with Crippen molar-refractivity contribution < 1.29 is 19.2 Å². The molecule has 0 aromatic rings. The van der Waals surface area contributed by atoms with Gasteiger partial charge < -0.3 is 9.80 Å². The first-order valence-corrected chi connectivity index (χ1v) is 8.40. The molecule has 4 amide bonds. The molecule has 0 bridgehead atoms. The van der Waals surface area contributed by atoms with E-state index in [2.05, 4.69) is 21.3 Å². The molecule has 3 saturated heterocycles. The molecule has 3 heterocycles. The van der Waals surface area contributed by atoms with Crippen molar-refractivity contribution in [2.24, 2.45) is 0 Å². The summed E-state index contributed by atoms with van der Waals surface area (Å²) >= 11 is 9.49. The summed E-state index contributed by atoms with van der Waals surface area (Å²) in [4.78, 5) is 51.0. The number of hydrogen-bond donors (Lipinski definition) is 4. The van der Waals surface area contributed by atoms with Crippen molar-refractivity contribution in [1.29, 1.82) is 0 Å². The second-order valence-corrected chi connectivity index (χ2v) is 6.45. The number of rotatable bonds is 2. The van der Waals surface area contributed by atoms with E-state index in [1.165, 1.54) is 12.4 Å². The van der Waals surface area contributed by atoms with Crippen LogP contribution in [0.5, 0.6) is 0 Å². The molecular weight excluding hydrogens is 380 g/mol. The van der Waals surface area contributed by atoms with E-state index in [1.54, 1.807) is 0 Å². The van der Waals surface area contributed by atoms with Gasteiger partial charge in [-0.25, -0.2) is 0 Å². The fourth-order valence-corrected chi connectivity index (χ4v) is 2.92. The van der Waals surface area contributed by atoms with Crippen LogP contribution in [0.2, 0.25) is 0 Å². The molecule has 136 valence electrons. The van der Waals surface area contributed by atoms with Crippen molar-refractivity contribution in [3.63, 3.8) is 0 Å². The van der Waals surface area contributed by atoms with Crippen molar-refractivity contribution in [1.82, 2.24) is 31.1 Å². The summed E-state index contributed by atoms with van der Waals surface area (Å²) in [6.45, 7) is 2.00. The molecule has 0 atom stereocenters. The maximum atomic E-state index is 11.8. The van der Waals surface area contributed by atoms with Crippen molar-refractivity contribution in [2.45, 2.75) is 0 Å². The van der Waals surface area contributed by atoms with Crippen LogP contribution in [0.4, 0.5) is 0 Å². The van der Waals surface area contributed by atoms with Gasteiger partial charge in [0.15, 0.2) is 10.2 Å². The summed E-state index contributed by atoms with van der Waals surface area (Å²) in [6.07, 6.45) is 2.96. The highest BCUT2D eigenvalue weighted by molar-refractivity contribution is 7.80. The number of piperazine rings is 1. The third-order valence-corrected chi connectivity index (χ3v) is 4.27. The largest absolute Gasteiger partial charge is 0.373 e. The molecule has 0 saturated carbocycles. The van der Waals surface area contributed by atoms with Crippen LogP contribution in [-0.2, 0) is 19.2 Å². The summed E-state index contributed by atoms with van der Waals surface area (Å²) in [5.74, 6) is -2.19. The first kappa shape index (κ1) is 17.9. The Morgan fingerprint density at radius 1 is 0.615 bits per heavy atom. The van der Waals surface area contributed by atoms with Crippen LogP contribution in [0.1, 0.15) is 0 Å². The van der Waals surface area contributed by atoms with Gasteiger partial charge in [-0.05, 0) is 24.4 Å². The summed E-state index contributed by atoms with van der Waals surface area (Å²) in [5, 5.41) is 9.45. The van der Waals surface area contributed by atoms with Gasteiger partial charge in [-0.15, -0.1) is 0 Å². The topological polar surface area (TPSA) is 123 Å². The Bertz CT molecular complexity index is 687. The number of hydrogen-bond acceptors (Lipinski definition) is 8. The van der Waals surface area contributed by atoms with Gasteiger partial charge in [-0.2, -0.15) is 0 Å². The molecule has 3 aliphatic heterocycles. The quantitative estimate of drug-likeness (QED) is 0.229. The number of carbonyl (C=O) groups is 4. The van der Waals surface area contributed by atoms with Crippen LogP contribution in [-0.4, -0.2) is 69.8 Å². The Balaban J connectivity index is 1.63. The minimum absolute atomic E-state index is 0.0166. The molecule has 3 rings (SSSR count). The minimum Gasteiger partial charge on any atom is -0.373 e. The highest BCUT2D eigenvalue weighted by atomic mass is 32.1. The first-order chi connectivity index (χ1) is 12.3. The lowest BCUT2D eigenvalue weighted by Crippen LogP contribution is -2.53. The maximum Gasteiger partial charge on any atom is 0.264 e. The van der Waals surface area contributed by atoms with Crippen molar-refractivity contribution >= 4 is 58.3 Å². The van der Waals surface area contributed by atoms with Crippen LogP contribution in [0.15, 0.2) is 23.5 Å². The fraction of sp³-hybridized carbons (Fsp3) is 0.286. The third-order valence-electron chi connectivity index (χ3n) is 3.86. The monoisotopic (exact) mass is 394 g/mol. The van der Waals surface area contributed by atoms with E-state index < -0.39 is 23.6 Å². The molecule has 0 radical (unpaired) electrons. The molecular formula is C14H14N6O4S2. The first-order valence-electron chi connectivity index (χ1n) is 7.58. The lowest BCUT2D eigenvalue weighted by Gasteiger charge is -2.34. The molecule has 26 heavy (non-hydrogen) atoms. The van der Waals surface area contributed by atoms with Gasteiger partial charge >= 0.3 is 0 Å². The Kier molecular flexibility index (Phi) is 4.95. The SMILES string of the molecule is O=C1NC(=S)NC(=O)C1=CN1CCN(C=C2C(=O)NC(=S)NC2=O)CC1.